The van der Waals surface area contributed by atoms with Crippen LogP contribution in [0.3, 0.4) is 0 Å². The molecule has 0 heterocycles. The number of hydrogen-bond acceptors (Lipinski definition) is 3. The Labute approximate surface area is 60.3 Å². The first-order valence-corrected chi connectivity index (χ1v) is 2.93. The molecule has 0 unspecified atom stereocenters. The second-order valence-corrected chi connectivity index (χ2v) is 2.45. The lowest BCUT2D eigenvalue weighted by Gasteiger charge is -2.11. The number of hydrogen-bond donors (Lipinski definition) is 1. The Hall–Kier alpha value is -0.780. The average Bonchev–Trinajstić information content (AvgIpc) is 2.45. The van der Waals surface area contributed by atoms with Gasteiger partial charge in [-0.1, -0.05) is 0 Å². The summed E-state index contributed by atoms with van der Waals surface area (Å²) in [5.74, 6) is -2.21. The summed E-state index contributed by atoms with van der Waals surface area (Å²) >= 11 is 0. The third-order valence-electron chi connectivity index (χ3n) is 1.27. The predicted molar refractivity (Wildman–Crippen MR) is 28.3 cm³/mol. The van der Waals surface area contributed by atoms with Gasteiger partial charge in [0.15, 0.2) is 5.72 Å². The molecule has 0 aromatic heterocycles. The van der Waals surface area contributed by atoms with E-state index in [-0.39, 0.29) is 0 Å². The van der Waals surface area contributed by atoms with Crippen molar-refractivity contribution in [1.29, 1.82) is 0 Å². The minimum atomic E-state index is -4.94. The molecule has 6 heteroatoms. The van der Waals surface area contributed by atoms with Gasteiger partial charge in [-0.25, -0.2) is 4.79 Å². The lowest BCUT2D eigenvalue weighted by molar-refractivity contribution is -0.206. The van der Waals surface area contributed by atoms with Crippen LogP contribution in [0.1, 0.15) is 12.8 Å². The van der Waals surface area contributed by atoms with Crippen LogP contribution in [0.15, 0.2) is 0 Å². The van der Waals surface area contributed by atoms with E-state index in [1.165, 1.54) is 0 Å². The molecule has 0 aromatic carbocycles. The zero-order valence-electron chi connectivity index (χ0n) is 5.44. The van der Waals surface area contributed by atoms with Crippen molar-refractivity contribution in [2.75, 3.05) is 0 Å². The van der Waals surface area contributed by atoms with E-state index in [2.05, 4.69) is 4.74 Å². The molecule has 3 nitrogen and oxygen atoms in total. The van der Waals surface area contributed by atoms with Crippen molar-refractivity contribution in [1.82, 2.24) is 0 Å². The molecule has 1 aliphatic rings. The van der Waals surface area contributed by atoms with Gasteiger partial charge in [0.1, 0.15) is 0 Å². The average molecular weight is 169 g/mol. The van der Waals surface area contributed by atoms with Crippen molar-refractivity contribution in [2.24, 2.45) is 5.73 Å². The maximum absolute atomic E-state index is 11.5. The Bertz CT molecular complexity index is 185. The summed E-state index contributed by atoms with van der Waals surface area (Å²) < 4.78 is 38.4. The molecule has 1 saturated carbocycles. The molecule has 0 aromatic rings. The highest BCUT2D eigenvalue weighted by molar-refractivity contribution is 5.76. The molecule has 2 N–H and O–H groups in total. The monoisotopic (exact) mass is 169 g/mol. The molecule has 64 valence electrons. The number of ether oxygens (including phenoxy) is 1. The Morgan fingerprint density at radius 3 is 2.18 bits per heavy atom. The molecular weight excluding hydrogens is 163 g/mol. The van der Waals surface area contributed by atoms with E-state index >= 15 is 0 Å². The summed E-state index contributed by atoms with van der Waals surface area (Å²) in [6.45, 7) is 0. The van der Waals surface area contributed by atoms with Crippen LogP contribution in [0, 0.1) is 0 Å². The van der Waals surface area contributed by atoms with Gasteiger partial charge < -0.3 is 4.74 Å². The lowest BCUT2D eigenvalue weighted by atomic mass is 10.6. The van der Waals surface area contributed by atoms with E-state index in [1.807, 2.05) is 0 Å². The van der Waals surface area contributed by atoms with Gasteiger partial charge in [-0.2, -0.15) is 13.2 Å². The second kappa shape index (κ2) is 2.10. The highest BCUT2D eigenvalue weighted by atomic mass is 19.4. The molecule has 0 aliphatic heterocycles. The van der Waals surface area contributed by atoms with Crippen LogP contribution in [0.5, 0.6) is 0 Å². The van der Waals surface area contributed by atoms with Crippen molar-refractivity contribution in [3.63, 3.8) is 0 Å². The molecule has 1 rings (SSSR count). The Morgan fingerprint density at radius 1 is 1.45 bits per heavy atom. The van der Waals surface area contributed by atoms with Crippen LogP contribution in [0.25, 0.3) is 0 Å². The van der Waals surface area contributed by atoms with Gasteiger partial charge in [0.05, 0.1) is 0 Å². The van der Waals surface area contributed by atoms with Gasteiger partial charge in [-0.15, -0.1) is 0 Å². The standard InChI is InChI=1S/C5H6F3NO2/c6-5(7,8)3(10)11-4(9)1-2-4/h1-2,9H2. The van der Waals surface area contributed by atoms with Gasteiger partial charge >= 0.3 is 12.1 Å². The second-order valence-electron chi connectivity index (χ2n) is 2.45. The van der Waals surface area contributed by atoms with Crippen molar-refractivity contribution >= 4 is 5.97 Å². The lowest BCUT2D eigenvalue weighted by Crippen LogP contribution is -2.36. The Morgan fingerprint density at radius 2 is 1.91 bits per heavy atom. The van der Waals surface area contributed by atoms with Crippen LogP contribution >= 0.6 is 0 Å². The fourth-order valence-corrected chi connectivity index (χ4v) is 0.468. The normalized spacial score (nSPS) is 21.1. The number of carbonyl (C=O) groups is 1. The van der Waals surface area contributed by atoms with Crippen LogP contribution in [0.4, 0.5) is 13.2 Å². The van der Waals surface area contributed by atoms with Crippen LogP contribution < -0.4 is 5.73 Å². The molecule has 1 aliphatic carbocycles. The molecule has 11 heavy (non-hydrogen) atoms. The van der Waals surface area contributed by atoms with Gasteiger partial charge in [0.2, 0.25) is 0 Å². The number of alkyl halides is 3. The highest BCUT2D eigenvalue weighted by Gasteiger charge is 2.50. The highest BCUT2D eigenvalue weighted by Crippen LogP contribution is 2.35. The van der Waals surface area contributed by atoms with E-state index in [0.717, 1.165) is 0 Å². The van der Waals surface area contributed by atoms with E-state index in [4.69, 9.17) is 5.73 Å². The third-order valence-corrected chi connectivity index (χ3v) is 1.27. The summed E-state index contributed by atoms with van der Waals surface area (Å²) in [7, 11) is 0. The molecular formula is C5H6F3NO2. The zero-order chi connectivity index (χ0) is 8.70. The zero-order valence-corrected chi connectivity index (χ0v) is 5.44. The number of carbonyl (C=O) groups excluding carboxylic acids is 1. The van der Waals surface area contributed by atoms with Crippen molar-refractivity contribution in [2.45, 2.75) is 24.7 Å². The molecule has 0 radical (unpaired) electrons. The van der Waals surface area contributed by atoms with Gasteiger partial charge in [0, 0.05) is 12.8 Å². The number of rotatable bonds is 1. The number of nitrogens with two attached hydrogens (primary N) is 1. The topological polar surface area (TPSA) is 52.3 Å². The van der Waals surface area contributed by atoms with Crippen molar-refractivity contribution < 1.29 is 22.7 Å². The summed E-state index contributed by atoms with van der Waals surface area (Å²) in [5, 5.41) is 0. The molecule has 1 fully saturated rings. The van der Waals surface area contributed by atoms with Gasteiger partial charge in [0.25, 0.3) is 0 Å². The minimum absolute atomic E-state index is 0.300. The number of esters is 1. The van der Waals surface area contributed by atoms with Crippen LogP contribution in [-0.2, 0) is 9.53 Å². The fourth-order valence-electron chi connectivity index (χ4n) is 0.468. The van der Waals surface area contributed by atoms with Crippen LogP contribution in [-0.4, -0.2) is 17.9 Å². The van der Waals surface area contributed by atoms with Crippen molar-refractivity contribution in [3.05, 3.63) is 0 Å². The smallest absolute Gasteiger partial charge is 0.437 e. The molecule has 0 amide bonds. The molecule has 0 atom stereocenters. The SMILES string of the molecule is NC1(OC(=O)C(F)(F)F)CC1. The first-order valence-electron chi connectivity index (χ1n) is 2.93. The maximum atomic E-state index is 11.5. The van der Waals surface area contributed by atoms with E-state index in [0.29, 0.717) is 12.8 Å². The first kappa shape index (κ1) is 8.32. The summed E-state index contributed by atoms with van der Waals surface area (Å²) in [4.78, 5) is 10.1. The van der Waals surface area contributed by atoms with Gasteiger partial charge in [-0.05, 0) is 0 Å². The maximum Gasteiger partial charge on any atom is 0.490 e. The van der Waals surface area contributed by atoms with Crippen LogP contribution in [0.2, 0.25) is 0 Å². The molecule has 0 spiro atoms. The summed E-state index contributed by atoms with van der Waals surface area (Å²) in [6.07, 6.45) is -4.33. The van der Waals surface area contributed by atoms with E-state index < -0.39 is 17.9 Å². The minimum Gasteiger partial charge on any atom is -0.437 e. The largest absolute Gasteiger partial charge is 0.490 e. The van der Waals surface area contributed by atoms with Crippen molar-refractivity contribution in [3.8, 4) is 0 Å². The first-order chi connectivity index (χ1) is 4.83. The third kappa shape index (κ3) is 2.07. The quantitative estimate of drug-likeness (QED) is 0.460. The summed E-state index contributed by atoms with van der Waals surface area (Å²) in [5.41, 5.74) is 3.76. The van der Waals surface area contributed by atoms with E-state index in [1.54, 1.807) is 0 Å². The summed E-state index contributed by atoms with van der Waals surface area (Å²) in [6, 6.07) is 0. The Balaban J connectivity index is 2.44. The van der Waals surface area contributed by atoms with E-state index in [9.17, 15) is 18.0 Å². The Kier molecular flexibility index (Phi) is 1.59. The predicted octanol–water partition coefficient (Wildman–Crippen LogP) is 0.541. The number of halogens is 3. The van der Waals surface area contributed by atoms with Gasteiger partial charge in [-0.3, -0.25) is 5.73 Å². The molecule has 0 saturated heterocycles. The molecule has 0 bridgehead atoms. The fraction of sp³-hybridized carbons (Fsp3) is 0.800.